The normalized spacial score (nSPS) is 12.2. The molecule has 0 aromatic heterocycles. The minimum atomic E-state index is -0.711. The van der Waals surface area contributed by atoms with Crippen molar-refractivity contribution in [1.29, 1.82) is 0 Å². The maximum absolute atomic E-state index is 12.4. The maximum Gasteiger partial charge on any atom is 0.262 e. The number of amides is 2. The third kappa shape index (κ3) is 5.70. The highest BCUT2D eigenvalue weighted by Gasteiger charge is 2.24. The van der Waals surface area contributed by atoms with Gasteiger partial charge in [-0.15, -0.1) is 0 Å². The van der Waals surface area contributed by atoms with Gasteiger partial charge in [0.05, 0.1) is 6.21 Å². The summed E-state index contributed by atoms with van der Waals surface area (Å²) in [5, 5.41) is 7.17. The Morgan fingerprint density at radius 3 is 2.42 bits per heavy atom. The molecule has 0 aliphatic heterocycles. The number of carbonyl (C=O) groups excluding carboxylic acids is 2. The van der Waals surface area contributed by atoms with E-state index in [0.29, 0.717) is 10.6 Å². The SMILES string of the molecule is Cc1ccc(/C=N/NC(=O)C(NC(=O)c2cccc(Cl)c2)C(C)C)cc1. The molecule has 0 aliphatic rings. The topological polar surface area (TPSA) is 70.6 Å². The van der Waals surface area contributed by atoms with Crippen LogP contribution in [0.25, 0.3) is 0 Å². The van der Waals surface area contributed by atoms with E-state index in [-0.39, 0.29) is 17.7 Å². The molecule has 136 valence electrons. The van der Waals surface area contributed by atoms with Crippen molar-refractivity contribution in [3.8, 4) is 0 Å². The molecule has 6 heteroatoms. The van der Waals surface area contributed by atoms with Gasteiger partial charge in [-0.2, -0.15) is 5.10 Å². The molecular formula is C20H22ClN3O2. The van der Waals surface area contributed by atoms with E-state index in [1.807, 2.05) is 45.0 Å². The molecule has 0 bridgehead atoms. The molecule has 1 unspecified atom stereocenters. The fourth-order valence-electron chi connectivity index (χ4n) is 2.28. The highest BCUT2D eigenvalue weighted by atomic mass is 35.5. The molecule has 5 nitrogen and oxygen atoms in total. The van der Waals surface area contributed by atoms with Gasteiger partial charge < -0.3 is 5.32 Å². The van der Waals surface area contributed by atoms with E-state index < -0.39 is 6.04 Å². The summed E-state index contributed by atoms with van der Waals surface area (Å²) in [4.78, 5) is 24.8. The number of nitrogens with one attached hydrogen (secondary N) is 2. The highest BCUT2D eigenvalue weighted by Crippen LogP contribution is 2.11. The minimum absolute atomic E-state index is 0.104. The van der Waals surface area contributed by atoms with E-state index in [1.165, 1.54) is 0 Å². The van der Waals surface area contributed by atoms with Crippen molar-refractivity contribution in [3.63, 3.8) is 0 Å². The van der Waals surface area contributed by atoms with Gasteiger partial charge in [0.1, 0.15) is 6.04 Å². The van der Waals surface area contributed by atoms with Gasteiger partial charge in [-0.1, -0.05) is 61.3 Å². The summed E-state index contributed by atoms with van der Waals surface area (Å²) in [6, 6.07) is 13.6. The number of hydrogen-bond donors (Lipinski definition) is 2. The van der Waals surface area contributed by atoms with Crippen molar-refractivity contribution in [3.05, 3.63) is 70.2 Å². The van der Waals surface area contributed by atoms with Crippen molar-refractivity contribution in [2.24, 2.45) is 11.0 Å². The van der Waals surface area contributed by atoms with E-state index in [9.17, 15) is 9.59 Å². The van der Waals surface area contributed by atoms with Gasteiger partial charge >= 0.3 is 0 Å². The van der Waals surface area contributed by atoms with Crippen molar-refractivity contribution < 1.29 is 9.59 Å². The summed E-state index contributed by atoms with van der Waals surface area (Å²) >= 11 is 5.91. The van der Waals surface area contributed by atoms with Crippen LogP contribution in [0.2, 0.25) is 5.02 Å². The molecule has 0 aliphatic carbocycles. The quantitative estimate of drug-likeness (QED) is 0.602. The van der Waals surface area contributed by atoms with Gasteiger partial charge in [-0.05, 0) is 36.6 Å². The molecule has 2 rings (SSSR count). The first-order valence-electron chi connectivity index (χ1n) is 8.33. The average molecular weight is 372 g/mol. The predicted octanol–water partition coefficient (Wildman–Crippen LogP) is 3.55. The van der Waals surface area contributed by atoms with Crippen LogP contribution in [-0.4, -0.2) is 24.1 Å². The van der Waals surface area contributed by atoms with Gasteiger partial charge in [-0.3, -0.25) is 9.59 Å². The first-order chi connectivity index (χ1) is 12.4. The second-order valence-electron chi connectivity index (χ2n) is 6.35. The molecule has 0 saturated heterocycles. The maximum atomic E-state index is 12.4. The van der Waals surface area contributed by atoms with Gasteiger partial charge in [0.15, 0.2) is 0 Å². The van der Waals surface area contributed by atoms with Gasteiger partial charge in [0, 0.05) is 10.6 Å². The Morgan fingerprint density at radius 1 is 1.12 bits per heavy atom. The number of benzene rings is 2. The molecule has 0 spiro atoms. The summed E-state index contributed by atoms with van der Waals surface area (Å²) in [6.07, 6.45) is 1.56. The largest absolute Gasteiger partial charge is 0.340 e. The number of nitrogens with zero attached hydrogens (tertiary/aromatic N) is 1. The Labute approximate surface area is 158 Å². The number of carbonyl (C=O) groups is 2. The van der Waals surface area contributed by atoms with Crippen LogP contribution in [0.4, 0.5) is 0 Å². The predicted molar refractivity (Wildman–Crippen MR) is 104 cm³/mol. The lowest BCUT2D eigenvalue weighted by atomic mass is 10.0. The number of halogens is 1. The third-order valence-electron chi connectivity index (χ3n) is 3.79. The van der Waals surface area contributed by atoms with E-state index in [2.05, 4.69) is 15.8 Å². The Balaban J connectivity index is 2.00. The zero-order valence-corrected chi connectivity index (χ0v) is 15.7. The van der Waals surface area contributed by atoms with Gasteiger partial charge in [0.25, 0.3) is 11.8 Å². The molecule has 0 heterocycles. The van der Waals surface area contributed by atoms with Crippen LogP contribution in [0.5, 0.6) is 0 Å². The Kier molecular flexibility index (Phi) is 6.92. The van der Waals surface area contributed by atoms with Crippen LogP contribution < -0.4 is 10.7 Å². The van der Waals surface area contributed by atoms with E-state index >= 15 is 0 Å². The Hall–Kier alpha value is -2.66. The smallest absolute Gasteiger partial charge is 0.262 e. The molecule has 0 fully saturated rings. The first-order valence-corrected chi connectivity index (χ1v) is 8.70. The lowest BCUT2D eigenvalue weighted by Crippen LogP contribution is -2.48. The Bertz CT molecular complexity index is 801. The molecule has 26 heavy (non-hydrogen) atoms. The standard InChI is InChI=1S/C20H22ClN3O2/c1-13(2)18(23-19(25)16-5-4-6-17(21)11-16)20(26)24-22-12-15-9-7-14(3)8-10-15/h4-13,18H,1-3H3,(H,23,25)(H,24,26)/b22-12+. The minimum Gasteiger partial charge on any atom is -0.340 e. The van der Waals surface area contributed by atoms with Crippen LogP contribution >= 0.6 is 11.6 Å². The van der Waals surface area contributed by atoms with E-state index in [4.69, 9.17) is 11.6 Å². The van der Waals surface area contributed by atoms with Crippen molar-refractivity contribution in [1.82, 2.24) is 10.7 Å². The number of aryl methyl sites for hydroxylation is 1. The summed E-state index contributed by atoms with van der Waals surface area (Å²) in [5.74, 6) is -0.838. The average Bonchev–Trinajstić information content (AvgIpc) is 2.60. The third-order valence-corrected chi connectivity index (χ3v) is 4.02. The number of hydrazone groups is 1. The summed E-state index contributed by atoms with van der Waals surface area (Å²) in [6.45, 7) is 5.71. The van der Waals surface area contributed by atoms with Crippen molar-refractivity contribution in [2.75, 3.05) is 0 Å². The summed E-state index contributed by atoms with van der Waals surface area (Å²) in [5.41, 5.74) is 4.91. The molecule has 1 atom stereocenters. The fraction of sp³-hybridized carbons (Fsp3) is 0.250. The van der Waals surface area contributed by atoms with Crippen LogP contribution in [0.1, 0.15) is 35.3 Å². The molecule has 0 radical (unpaired) electrons. The fourth-order valence-corrected chi connectivity index (χ4v) is 2.47. The van der Waals surface area contributed by atoms with Crippen LogP contribution in [0, 0.1) is 12.8 Å². The van der Waals surface area contributed by atoms with E-state index in [0.717, 1.165) is 11.1 Å². The molecule has 2 N–H and O–H groups in total. The van der Waals surface area contributed by atoms with Crippen molar-refractivity contribution >= 4 is 29.6 Å². The molecule has 2 aromatic carbocycles. The molecule has 0 saturated carbocycles. The van der Waals surface area contributed by atoms with Crippen LogP contribution in [0.15, 0.2) is 53.6 Å². The van der Waals surface area contributed by atoms with Gasteiger partial charge in [0.2, 0.25) is 0 Å². The zero-order valence-electron chi connectivity index (χ0n) is 15.0. The van der Waals surface area contributed by atoms with Crippen molar-refractivity contribution in [2.45, 2.75) is 26.8 Å². The van der Waals surface area contributed by atoms with Gasteiger partial charge in [-0.25, -0.2) is 5.43 Å². The lowest BCUT2D eigenvalue weighted by Gasteiger charge is -2.20. The lowest BCUT2D eigenvalue weighted by molar-refractivity contribution is -0.123. The Morgan fingerprint density at radius 2 is 1.81 bits per heavy atom. The van der Waals surface area contributed by atoms with Crippen LogP contribution in [0.3, 0.4) is 0 Å². The number of hydrogen-bond acceptors (Lipinski definition) is 3. The zero-order chi connectivity index (χ0) is 19.1. The highest BCUT2D eigenvalue weighted by molar-refractivity contribution is 6.31. The first kappa shape index (κ1) is 19.7. The van der Waals surface area contributed by atoms with E-state index in [1.54, 1.807) is 30.5 Å². The monoisotopic (exact) mass is 371 g/mol. The molecular weight excluding hydrogens is 350 g/mol. The summed E-state index contributed by atoms with van der Waals surface area (Å²) in [7, 11) is 0. The second kappa shape index (κ2) is 9.15. The molecule has 2 aromatic rings. The number of rotatable bonds is 6. The summed E-state index contributed by atoms with van der Waals surface area (Å²) < 4.78 is 0. The second-order valence-corrected chi connectivity index (χ2v) is 6.79. The van der Waals surface area contributed by atoms with Crippen LogP contribution in [-0.2, 0) is 4.79 Å². The molecule has 2 amide bonds.